The summed E-state index contributed by atoms with van der Waals surface area (Å²) in [5.74, 6) is 0.633. The van der Waals surface area contributed by atoms with E-state index in [0.717, 1.165) is 18.7 Å². The molecule has 2 rings (SSSR count). The number of benzene rings is 1. The second-order valence-electron chi connectivity index (χ2n) is 3.56. The van der Waals surface area contributed by atoms with Crippen LogP contribution in [0.5, 0.6) is 0 Å². The van der Waals surface area contributed by atoms with E-state index in [0.29, 0.717) is 5.92 Å². The number of nitrogens with one attached hydrogen (secondary N) is 1. The molecule has 1 fully saturated rings. The third kappa shape index (κ3) is 1.89. The van der Waals surface area contributed by atoms with Gasteiger partial charge in [0.05, 0.1) is 0 Å². The lowest BCUT2D eigenvalue weighted by Gasteiger charge is -2.08. The Hall–Kier alpha value is -0.890. The van der Waals surface area contributed by atoms with Crippen molar-refractivity contribution in [2.45, 2.75) is 19.0 Å². The van der Waals surface area contributed by atoms with Gasteiger partial charge < -0.3 is 5.32 Å². The first-order valence-electron chi connectivity index (χ1n) is 4.75. The predicted molar refractivity (Wildman–Crippen MR) is 51.5 cm³/mol. The summed E-state index contributed by atoms with van der Waals surface area (Å²) < 4.78 is 12.2. The lowest BCUT2D eigenvalue weighted by Crippen LogP contribution is -2.07. The Bertz CT molecular complexity index is 262. The van der Waals surface area contributed by atoms with Gasteiger partial charge in [-0.05, 0) is 30.0 Å². The smallest absolute Gasteiger partial charge is 0.115 e. The van der Waals surface area contributed by atoms with Crippen molar-refractivity contribution in [1.82, 2.24) is 5.32 Å². The summed E-state index contributed by atoms with van der Waals surface area (Å²) in [6.45, 7) is 1.81. The Kier molecular flexibility index (Phi) is 2.60. The molecule has 1 aliphatic heterocycles. The minimum absolute atomic E-state index is 0.358. The molecular formula is C11H14FN. The molecule has 1 aromatic carbocycles. The van der Waals surface area contributed by atoms with Crippen LogP contribution in [0.15, 0.2) is 24.3 Å². The van der Waals surface area contributed by atoms with Crippen molar-refractivity contribution in [2.24, 2.45) is 0 Å². The molecule has 70 valence electrons. The predicted octanol–water partition coefficient (Wildman–Crippen LogP) is 2.23. The van der Waals surface area contributed by atoms with Crippen LogP contribution in [-0.4, -0.2) is 13.1 Å². The van der Waals surface area contributed by atoms with E-state index in [1.54, 1.807) is 0 Å². The SMILES string of the molecule is FCc1ccc(C2CCNC2)cc1. The van der Waals surface area contributed by atoms with Crippen LogP contribution in [0.3, 0.4) is 0 Å². The lowest BCUT2D eigenvalue weighted by atomic mass is 9.98. The summed E-state index contributed by atoms with van der Waals surface area (Å²) in [7, 11) is 0. The maximum absolute atomic E-state index is 12.2. The van der Waals surface area contributed by atoms with Crippen LogP contribution in [0.25, 0.3) is 0 Å². The highest BCUT2D eigenvalue weighted by Gasteiger charge is 2.15. The van der Waals surface area contributed by atoms with Crippen LogP contribution in [0, 0.1) is 0 Å². The summed E-state index contributed by atoms with van der Waals surface area (Å²) >= 11 is 0. The van der Waals surface area contributed by atoms with Gasteiger partial charge in [-0.25, -0.2) is 4.39 Å². The van der Waals surface area contributed by atoms with Gasteiger partial charge in [0.25, 0.3) is 0 Å². The molecule has 0 amide bonds. The van der Waals surface area contributed by atoms with Gasteiger partial charge in [0.1, 0.15) is 6.67 Å². The summed E-state index contributed by atoms with van der Waals surface area (Å²) in [5, 5.41) is 3.33. The highest BCUT2D eigenvalue weighted by atomic mass is 19.1. The Morgan fingerprint density at radius 2 is 2.08 bits per heavy atom. The van der Waals surface area contributed by atoms with Crippen LogP contribution in [0.1, 0.15) is 23.5 Å². The molecule has 1 N–H and O–H groups in total. The van der Waals surface area contributed by atoms with Gasteiger partial charge >= 0.3 is 0 Å². The van der Waals surface area contributed by atoms with E-state index in [-0.39, 0.29) is 6.67 Å². The zero-order chi connectivity index (χ0) is 9.10. The molecule has 1 nitrogen and oxygen atoms in total. The number of rotatable bonds is 2. The molecule has 1 aliphatic rings. The first-order chi connectivity index (χ1) is 6.40. The topological polar surface area (TPSA) is 12.0 Å². The van der Waals surface area contributed by atoms with E-state index in [4.69, 9.17) is 0 Å². The highest BCUT2D eigenvalue weighted by molar-refractivity contribution is 5.25. The Balaban J connectivity index is 2.12. The molecule has 0 radical (unpaired) electrons. The van der Waals surface area contributed by atoms with Gasteiger partial charge in [0.15, 0.2) is 0 Å². The third-order valence-electron chi connectivity index (χ3n) is 2.67. The molecule has 0 spiro atoms. The quantitative estimate of drug-likeness (QED) is 0.734. The van der Waals surface area contributed by atoms with Crippen LogP contribution >= 0.6 is 0 Å². The largest absolute Gasteiger partial charge is 0.316 e. The minimum atomic E-state index is -0.358. The van der Waals surface area contributed by atoms with Gasteiger partial charge in [-0.3, -0.25) is 0 Å². The minimum Gasteiger partial charge on any atom is -0.316 e. The van der Waals surface area contributed by atoms with E-state index in [1.165, 1.54) is 12.0 Å². The Labute approximate surface area is 78.0 Å². The normalized spacial score (nSPS) is 22.1. The Morgan fingerprint density at radius 1 is 1.31 bits per heavy atom. The first kappa shape index (κ1) is 8.70. The summed E-state index contributed by atoms with van der Waals surface area (Å²) in [6, 6.07) is 7.86. The molecule has 13 heavy (non-hydrogen) atoms. The van der Waals surface area contributed by atoms with Crippen molar-refractivity contribution in [2.75, 3.05) is 13.1 Å². The molecular weight excluding hydrogens is 165 g/mol. The van der Waals surface area contributed by atoms with Gasteiger partial charge in [0, 0.05) is 6.54 Å². The van der Waals surface area contributed by atoms with Gasteiger partial charge in [0.2, 0.25) is 0 Å². The highest BCUT2D eigenvalue weighted by Crippen LogP contribution is 2.22. The van der Waals surface area contributed by atoms with E-state index < -0.39 is 0 Å². The zero-order valence-corrected chi connectivity index (χ0v) is 7.59. The maximum atomic E-state index is 12.2. The number of hydrogen-bond acceptors (Lipinski definition) is 1. The van der Waals surface area contributed by atoms with E-state index in [1.807, 2.05) is 24.3 Å². The second-order valence-corrected chi connectivity index (χ2v) is 3.56. The summed E-state index contributed by atoms with van der Waals surface area (Å²) in [5.41, 5.74) is 2.11. The van der Waals surface area contributed by atoms with Gasteiger partial charge in [-0.1, -0.05) is 24.3 Å². The van der Waals surface area contributed by atoms with Gasteiger partial charge in [-0.15, -0.1) is 0 Å². The first-order valence-corrected chi connectivity index (χ1v) is 4.75. The van der Waals surface area contributed by atoms with Crippen molar-refractivity contribution in [1.29, 1.82) is 0 Å². The van der Waals surface area contributed by atoms with Crippen molar-refractivity contribution < 1.29 is 4.39 Å². The molecule has 1 aromatic rings. The molecule has 1 unspecified atom stereocenters. The fraction of sp³-hybridized carbons (Fsp3) is 0.455. The molecule has 0 aromatic heterocycles. The molecule has 0 bridgehead atoms. The van der Waals surface area contributed by atoms with E-state index in [9.17, 15) is 4.39 Å². The lowest BCUT2D eigenvalue weighted by molar-refractivity contribution is 0.485. The third-order valence-corrected chi connectivity index (χ3v) is 2.67. The average Bonchev–Trinajstić information content (AvgIpc) is 2.71. The van der Waals surface area contributed by atoms with Crippen LogP contribution < -0.4 is 5.32 Å². The molecule has 2 heteroatoms. The van der Waals surface area contributed by atoms with E-state index in [2.05, 4.69) is 5.32 Å². The fourth-order valence-corrected chi connectivity index (χ4v) is 1.82. The van der Waals surface area contributed by atoms with Crippen LogP contribution in [0.2, 0.25) is 0 Å². The standard InChI is InChI=1S/C11H14FN/c12-7-9-1-3-10(4-2-9)11-5-6-13-8-11/h1-4,11,13H,5-8H2. The molecule has 1 saturated heterocycles. The summed E-state index contributed by atoms with van der Waals surface area (Å²) in [4.78, 5) is 0. The number of halogens is 1. The van der Waals surface area contributed by atoms with Crippen LogP contribution in [0.4, 0.5) is 4.39 Å². The number of hydrogen-bond donors (Lipinski definition) is 1. The summed E-state index contributed by atoms with van der Waals surface area (Å²) in [6.07, 6.45) is 1.20. The molecule has 1 atom stereocenters. The van der Waals surface area contributed by atoms with Crippen LogP contribution in [-0.2, 0) is 6.67 Å². The molecule has 0 saturated carbocycles. The fourth-order valence-electron chi connectivity index (χ4n) is 1.82. The second kappa shape index (κ2) is 3.88. The monoisotopic (exact) mass is 179 g/mol. The average molecular weight is 179 g/mol. The zero-order valence-electron chi connectivity index (χ0n) is 7.59. The number of alkyl halides is 1. The Morgan fingerprint density at radius 3 is 2.62 bits per heavy atom. The molecule has 0 aliphatic carbocycles. The maximum Gasteiger partial charge on any atom is 0.115 e. The van der Waals surface area contributed by atoms with Crippen molar-refractivity contribution >= 4 is 0 Å². The van der Waals surface area contributed by atoms with E-state index >= 15 is 0 Å². The van der Waals surface area contributed by atoms with Crippen molar-refractivity contribution in [3.63, 3.8) is 0 Å². The molecule has 1 heterocycles. The van der Waals surface area contributed by atoms with Crippen molar-refractivity contribution in [3.05, 3.63) is 35.4 Å². The van der Waals surface area contributed by atoms with Crippen molar-refractivity contribution in [3.8, 4) is 0 Å². The van der Waals surface area contributed by atoms with Gasteiger partial charge in [-0.2, -0.15) is 0 Å².